The van der Waals surface area contributed by atoms with E-state index in [0.29, 0.717) is 6.04 Å². The quantitative estimate of drug-likeness (QED) is 0.872. The summed E-state index contributed by atoms with van der Waals surface area (Å²) in [7, 11) is 0. The molecule has 2 aliphatic heterocycles. The average molecular weight is 308 g/mol. The zero-order valence-corrected chi connectivity index (χ0v) is 14.1. The first-order chi connectivity index (χ1) is 10.3. The lowest BCUT2D eigenvalue weighted by atomic mass is 10.1. The highest BCUT2D eigenvalue weighted by atomic mass is 32.1. The summed E-state index contributed by atoms with van der Waals surface area (Å²) in [5, 5.41) is 5.77. The van der Waals surface area contributed by atoms with Crippen LogP contribution in [0.4, 0.5) is 0 Å². The fraction of sp³-hybridized carbons (Fsp3) is 0.765. The normalized spacial score (nSPS) is 26.2. The summed E-state index contributed by atoms with van der Waals surface area (Å²) >= 11 is 1.84. The number of nitrogens with zero attached hydrogens (tertiary/aromatic N) is 2. The maximum atomic E-state index is 3.61. The summed E-state index contributed by atoms with van der Waals surface area (Å²) in [6, 6.07) is 5.82. The monoisotopic (exact) mass is 307 g/mol. The molecule has 1 aromatic heterocycles. The van der Waals surface area contributed by atoms with Gasteiger partial charge in [-0.1, -0.05) is 12.5 Å². The molecule has 2 fully saturated rings. The van der Waals surface area contributed by atoms with E-state index in [1.54, 1.807) is 0 Å². The molecule has 3 heterocycles. The third-order valence-electron chi connectivity index (χ3n) is 5.04. The zero-order valence-electron chi connectivity index (χ0n) is 13.3. The SMILES string of the molecule is CC(CNCc1cccs1)N1CCC(N2CCCCC2)C1. The summed E-state index contributed by atoms with van der Waals surface area (Å²) in [6.45, 7) is 9.73. The first kappa shape index (κ1) is 15.5. The maximum absolute atomic E-state index is 3.61. The lowest BCUT2D eigenvalue weighted by Gasteiger charge is -2.33. The first-order valence-electron chi connectivity index (χ1n) is 8.54. The van der Waals surface area contributed by atoms with Crippen LogP contribution in [-0.2, 0) is 6.54 Å². The predicted octanol–water partition coefficient (Wildman–Crippen LogP) is 2.79. The van der Waals surface area contributed by atoms with Crippen molar-refractivity contribution in [1.29, 1.82) is 0 Å². The summed E-state index contributed by atoms with van der Waals surface area (Å²) in [6.07, 6.45) is 5.63. The van der Waals surface area contributed by atoms with Gasteiger partial charge in [-0.25, -0.2) is 0 Å². The molecule has 0 radical (unpaired) electrons. The third-order valence-corrected chi connectivity index (χ3v) is 5.92. The van der Waals surface area contributed by atoms with Gasteiger partial charge >= 0.3 is 0 Å². The van der Waals surface area contributed by atoms with Crippen molar-refractivity contribution in [2.45, 2.75) is 51.2 Å². The van der Waals surface area contributed by atoms with E-state index in [9.17, 15) is 0 Å². The van der Waals surface area contributed by atoms with Crippen molar-refractivity contribution >= 4 is 11.3 Å². The Kier molecular flexibility index (Phi) is 5.69. The smallest absolute Gasteiger partial charge is 0.0300 e. The Morgan fingerprint density at radius 2 is 2.14 bits per heavy atom. The van der Waals surface area contributed by atoms with Crippen LogP contribution in [-0.4, -0.2) is 54.6 Å². The Bertz CT molecular complexity index is 400. The average Bonchev–Trinajstić information content (AvgIpc) is 3.20. The molecule has 4 heteroatoms. The van der Waals surface area contributed by atoms with Gasteiger partial charge in [0.15, 0.2) is 0 Å². The molecule has 0 bridgehead atoms. The van der Waals surface area contributed by atoms with Crippen molar-refractivity contribution in [3.8, 4) is 0 Å². The number of rotatable bonds is 6. The van der Waals surface area contributed by atoms with Crippen LogP contribution >= 0.6 is 11.3 Å². The second kappa shape index (κ2) is 7.73. The minimum atomic E-state index is 0.653. The minimum Gasteiger partial charge on any atom is -0.310 e. The lowest BCUT2D eigenvalue weighted by Crippen LogP contribution is -2.43. The molecule has 118 valence electrons. The van der Waals surface area contributed by atoms with Gasteiger partial charge in [0, 0.05) is 43.1 Å². The van der Waals surface area contributed by atoms with Gasteiger partial charge in [0.1, 0.15) is 0 Å². The molecule has 0 aliphatic carbocycles. The van der Waals surface area contributed by atoms with Gasteiger partial charge in [-0.3, -0.25) is 9.80 Å². The van der Waals surface area contributed by atoms with Gasteiger partial charge in [-0.2, -0.15) is 0 Å². The fourth-order valence-corrected chi connectivity index (χ4v) is 4.37. The van der Waals surface area contributed by atoms with E-state index < -0.39 is 0 Å². The maximum Gasteiger partial charge on any atom is 0.0300 e. The second-order valence-electron chi connectivity index (χ2n) is 6.59. The summed E-state index contributed by atoms with van der Waals surface area (Å²) in [5.41, 5.74) is 0. The number of hydrogen-bond acceptors (Lipinski definition) is 4. The minimum absolute atomic E-state index is 0.653. The molecular formula is C17H29N3S. The van der Waals surface area contributed by atoms with Crippen LogP contribution in [0.5, 0.6) is 0 Å². The molecule has 1 aromatic rings. The summed E-state index contributed by atoms with van der Waals surface area (Å²) in [4.78, 5) is 6.87. The van der Waals surface area contributed by atoms with E-state index in [0.717, 1.165) is 19.1 Å². The van der Waals surface area contributed by atoms with Crippen LogP contribution in [0.3, 0.4) is 0 Å². The van der Waals surface area contributed by atoms with Gasteiger partial charge in [0.2, 0.25) is 0 Å². The second-order valence-corrected chi connectivity index (χ2v) is 7.63. The van der Waals surface area contributed by atoms with Crippen LogP contribution in [0.15, 0.2) is 17.5 Å². The van der Waals surface area contributed by atoms with Crippen molar-refractivity contribution in [3.05, 3.63) is 22.4 Å². The van der Waals surface area contributed by atoms with Crippen LogP contribution in [0.1, 0.15) is 37.5 Å². The molecule has 0 amide bonds. The predicted molar refractivity (Wildman–Crippen MR) is 90.9 cm³/mol. The molecule has 3 rings (SSSR count). The summed E-state index contributed by atoms with van der Waals surface area (Å²) in [5.74, 6) is 0. The number of likely N-dealkylation sites (tertiary alicyclic amines) is 2. The van der Waals surface area contributed by atoms with E-state index in [1.165, 1.54) is 56.7 Å². The van der Waals surface area contributed by atoms with Gasteiger partial charge in [0.25, 0.3) is 0 Å². The first-order valence-corrected chi connectivity index (χ1v) is 9.42. The van der Waals surface area contributed by atoms with Gasteiger partial charge < -0.3 is 5.32 Å². The summed E-state index contributed by atoms with van der Waals surface area (Å²) < 4.78 is 0. The van der Waals surface area contributed by atoms with Crippen LogP contribution in [0.2, 0.25) is 0 Å². The Labute approximate surface area is 133 Å². The largest absolute Gasteiger partial charge is 0.310 e. The molecule has 2 saturated heterocycles. The number of piperidine rings is 1. The molecule has 0 saturated carbocycles. The Morgan fingerprint density at radius 1 is 1.29 bits per heavy atom. The van der Waals surface area contributed by atoms with Crippen LogP contribution in [0.25, 0.3) is 0 Å². The third kappa shape index (κ3) is 4.28. The number of nitrogens with one attached hydrogen (secondary N) is 1. The Hall–Kier alpha value is -0.420. The topological polar surface area (TPSA) is 18.5 Å². The van der Waals surface area contributed by atoms with E-state index >= 15 is 0 Å². The standard InChI is InChI=1S/C17H29N3S/c1-15(12-18-13-17-6-5-11-21-17)20-10-7-16(14-20)19-8-3-2-4-9-19/h5-6,11,15-16,18H,2-4,7-10,12-14H2,1H3. The van der Waals surface area contributed by atoms with Crippen LogP contribution < -0.4 is 5.32 Å². The van der Waals surface area contributed by atoms with E-state index in [2.05, 4.69) is 39.6 Å². The van der Waals surface area contributed by atoms with E-state index in [-0.39, 0.29) is 0 Å². The molecule has 2 aliphatic rings. The van der Waals surface area contributed by atoms with Gasteiger partial charge in [-0.15, -0.1) is 11.3 Å². The Balaban J connectivity index is 1.38. The molecule has 2 atom stereocenters. The van der Waals surface area contributed by atoms with Crippen LogP contribution in [0, 0.1) is 0 Å². The highest BCUT2D eigenvalue weighted by Crippen LogP contribution is 2.21. The zero-order chi connectivity index (χ0) is 14.5. The lowest BCUT2D eigenvalue weighted by molar-refractivity contribution is 0.153. The highest BCUT2D eigenvalue weighted by molar-refractivity contribution is 7.09. The van der Waals surface area contributed by atoms with Gasteiger partial charge in [0.05, 0.1) is 0 Å². The fourth-order valence-electron chi connectivity index (χ4n) is 3.70. The Morgan fingerprint density at radius 3 is 2.90 bits per heavy atom. The van der Waals surface area contributed by atoms with Crippen molar-refractivity contribution in [1.82, 2.24) is 15.1 Å². The van der Waals surface area contributed by atoms with Crippen molar-refractivity contribution < 1.29 is 0 Å². The van der Waals surface area contributed by atoms with E-state index in [4.69, 9.17) is 0 Å². The van der Waals surface area contributed by atoms with Crippen molar-refractivity contribution in [2.24, 2.45) is 0 Å². The van der Waals surface area contributed by atoms with Crippen molar-refractivity contribution in [3.63, 3.8) is 0 Å². The van der Waals surface area contributed by atoms with E-state index in [1.807, 2.05) is 11.3 Å². The molecule has 21 heavy (non-hydrogen) atoms. The molecular weight excluding hydrogens is 278 g/mol. The number of thiophene rings is 1. The molecule has 2 unspecified atom stereocenters. The molecule has 0 spiro atoms. The van der Waals surface area contributed by atoms with Gasteiger partial charge in [-0.05, 0) is 50.7 Å². The molecule has 3 nitrogen and oxygen atoms in total. The molecule has 0 aromatic carbocycles. The number of hydrogen-bond donors (Lipinski definition) is 1. The van der Waals surface area contributed by atoms with Crippen molar-refractivity contribution in [2.75, 3.05) is 32.7 Å². The molecule has 1 N–H and O–H groups in total. The highest BCUT2D eigenvalue weighted by Gasteiger charge is 2.30.